The Hall–Kier alpha value is -0.0200. The molecule has 0 rings (SSSR count). The van der Waals surface area contributed by atoms with Gasteiger partial charge in [0.25, 0.3) is 0 Å². The first-order valence-electron chi connectivity index (χ1n) is 2.62. The van der Waals surface area contributed by atoms with Crippen LogP contribution in [0.1, 0.15) is 6.42 Å². The molecule has 0 unspecified atom stereocenters. The summed E-state index contributed by atoms with van der Waals surface area (Å²) in [5, 5.41) is 0. The van der Waals surface area contributed by atoms with E-state index in [1.807, 2.05) is 0 Å². The molecular formula is C4H11NO3P+. The number of nitrogens with two attached hydrogens (primary N) is 1. The minimum Gasteiger partial charge on any atom is -0.330 e. The summed E-state index contributed by atoms with van der Waals surface area (Å²) in [6, 6.07) is 0.211. The van der Waals surface area contributed by atoms with Gasteiger partial charge in [0, 0.05) is 0 Å². The van der Waals surface area contributed by atoms with E-state index in [9.17, 15) is 4.79 Å². The zero-order valence-electron chi connectivity index (χ0n) is 5.03. The van der Waals surface area contributed by atoms with Gasteiger partial charge in [-0.2, -0.15) is 0 Å². The highest BCUT2D eigenvalue weighted by atomic mass is 31.2. The third kappa shape index (κ3) is 4.48. The normalized spacial score (nSPS) is 11.4. The second-order valence-corrected chi connectivity index (χ2v) is 3.99. The Morgan fingerprint density at radius 3 is 2.44 bits per heavy atom. The summed E-state index contributed by atoms with van der Waals surface area (Å²) in [5.74, 6) is 0. The summed E-state index contributed by atoms with van der Waals surface area (Å²) >= 11 is 0. The molecule has 0 saturated carbocycles. The van der Waals surface area contributed by atoms with E-state index in [4.69, 9.17) is 15.5 Å². The Kier molecular flexibility index (Phi) is 3.89. The van der Waals surface area contributed by atoms with Crippen molar-refractivity contribution in [1.29, 1.82) is 0 Å². The molecule has 0 amide bonds. The number of hydrogen-bond donors (Lipinski definition) is 3. The fraction of sp³-hybridized carbons (Fsp3) is 0.750. The molecule has 0 spiro atoms. The van der Waals surface area contributed by atoms with E-state index in [-0.39, 0.29) is 12.2 Å². The van der Waals surface area contributed by atoms with Crippen LogP contribution in [0.4, 0.5) is 0 Å². The van der Waals surface area contributed by atoms with Gasteiger partial charge < -0.3 is 5.73 Å². The molecule has 5 heteroatoms. The van der Waals surface area contributed by atoms with Crippen LogP contribution in [0.15, 0.2) is 0 Å². The van der Waals surface area contributed by atoms with E-state index in [0.717, 1.165) is 0 Å². The predicted molar refractivity (Wildman–Crippen MR) is 36.6 cm³/mol. The van der Waals surface area contributed by atoms with Crippen molar-refractivity contribution in [1.82, 2.24) is 0 Å². The van der Waals surface area contributed by atoms with Crippen LogP contribution in [-0.2, 0) is 4.79 Å². The molecule has 0 heterocycles. The molecule has 0 radical (unpaired) electrons. The van der Waals surface area contributed by atoms with Crippen LogP contribution in [0.25, 0.3) is 0 Å². The molecule has 4 nitrogen and oxygen atoms in total. The van der Waals surface area contributed by atoms with Crippen LogP contribution < -0.4 is 5.73 Å². The molecule has 0 bridgehead atoms. The molecule has 0 aromatic heterocycles. The zero-order chi connectivity index (χ0) is 7.33. The molecule has 9 heavy (non-hydrogen) atoms. The number of rotatable bonds is 4. The van der Waals surface area contributed by atoms with Gasteiger partial charge in [0.15, 0.2) is 0 Å². The molecule has 0 saturated heterocycles. The Morgan fingerprint density at radius 2 is 2.11 bits per heavy atom. The summed E-state index contributed by atoms with van der Waals surface area (Å²) in [4.78, 5) is 27.2. The maximum absolute atomic E-state index is 9.84. The quantitative estimate of drug-likeness (QED) is 0.369. The van der Waals surface area contributed by atoms with Crippen LogP contribution in [0, 0.1) is 0 Å². The molecular weight excluding hydrogens is 141 g/mol. The van der Waals surface area contributed by atoms with Crippen molar-refractivity contribution in [3.05, 3.63) is 0 Å². The third-order valence-electron chi connectivity index (χ3n) is 0.860. The minimum atomic E-state index is -3.20. The Morgan fingerprint density at radius 1 is 1.56 bits per heavy atom. The van der Waals surface area contributed by atoms with Gasteiger partial charge in [0.05, 0.1) is 0 Å². The van der Waals surface area contributed by atoms with Crippen molar-refractivity contribution in [2.45, 2.75) is 6.42 Å². The summed E-state index contributed by atoms with van der Waals surface area (Å²) < 4.78 is 0. The number of carbonyl (C=O) groups is 1. The van der Waals surface area contributed by atoms with Gasteiger partial charge >= 0.3 is 13.7 Å². The van der Waals surface area contributed by atoms with E-state index in [0.29, 0.717) is 13.0 Å². The van der Waals surface area contributed by atoms with Crippen molar-refractivity contribution in [3.8, 4) is 0 Å². The van der Waals surface area contributed by atoms with Crippen molar-refractivity contribution < 1.29 is 14.6 Å². The predicted octanol–water partition coefficient (Wildman–Crippen LogP) is -0.642. The van der Waals surface area contributed by atoms with Crippen LogP contribution >= 0.6 is 7.72 Å². The van der Waals surface area contributed by atoms with E-state index >= 15 is 0 Å². The maximum Gasteiger partial charge on any atom is 0.333 e. The second kappa shape index (κ2) is 3.90. The zero-order valence-corrected chi connectivity index (χ0v) is 5.92. The van der Waals surface area contributed by atoms with Crippen LogP contribution in [0.5, 0.6) is 0 Å². The minimum absolute atomic E-state index is 0.118. The monoisotopic (exact) mass is 152 g/mol. The van der Waals surface area contributed by atoms with Crippen molar-refractivity contribution >= 4 is 13.7 Å². The fourth-order valence-electron chi connectivity index (χ4n) is 0.377. The van der Waals surface area contributed by atoms with Gasteiger partial charge in [0.1, 0.15) is 6.16 Å². The Bertz CT molecular complexity index is 95.8. The first-order valence-corrected chi connectivity index (χ1v) is 4.57. The lowest BCUT2D eigenvalue weighted by atomic mass is 10.5. The summed E-state index contributed by atoms with van der Waals surface area (Å²) in [7, 11) is -3.20. The lowest BCUT2D eigenvalue weighted by Crippen LogP contribution is -2.05. The van der Waals surface area contributed by atoms with E-state index in [1.165, 1.54) is 0 Å². The maximum atomic E-state index is 9.84. The molecule has 54 valence electrons. The average Bonchev–Trinajstić information content (AvgIpc) is 1.84. The molecule has 0 aromatic carbocycles. The lowest BCUT2D eigenvalue weighted by Gasteiger charge is -2.01. The van der Waals surface area contributed by atoms with Crippen LogP contribution in [-0.4, -0.2) is 28.5 Å². The SMILES string of the molecule is NCCC[P+](O)(O)C=O. The topological polar surface area (TPSA) is 83.6 Å². The Labute approximate surface area is 54.2 Å². The van der Waals surface area contributed by atoms with Crippen molar-refractivity contribution in [3.63, 3.8) is 0 Å². The van der Waals surface area contributed by atoms with Gasteiger partial charge in [-0.05, 0) is 13.0 Å². The van der Waals surface area contributed by atoms with Crippen molar-refractivity contribution in [2.24, 2.45) is 5.73 Å². The number of hydrogen-bond acceptors (Lipinski definition) is 4. The Balaban J connectivity index is 3.45. The van der Waals surface area contributed by atoms with E-state index < -0.39 is 7.72 Å². The lowest BCUT2D eigenvalue weighted by molar-refractivity contribution is 0.456. The highest BCUT2D eigenvalue weighted by Crippen LogP contribution is 2.46. The highest BCUT2D eigenvalue weighted by molar-refractivity contribution is 7.78. The fourth-order valence-corrected chi connectivity index (χ4v) is 1.13. The molecule has 0 atom stereocenters. The molecule has 0 aliphatic rings. The van der Waals surface area contributed by atoms with E-state index in [1.54, 1.807) is 0 Å². The number of carbonyl (C=O) groups excluding carboxylic acids is 1. The average molecular weight is 152 g/mol. The first-order chi connectivity index (χ1) is 4.12. The highest BCUT2D eigenvalue weighted by Gasteiger charge is 2.31. The van der Waals surface area contributed by atoms with Gasteiger partial charge in [-0.1, -0.05) is 0 Å². The summed E-state index contributed by atoms with van der Waals surface area (Å²) in [5.41, 5.74) is 5.07. The first kappa shape index (κ1) is 8.98. The smallest absolute Gasteiger partial charge is 0.330 e. The molecule has 0 aromatic rings. The van der Waals surface area contributed by atoms with Crippen molar-refractivity contribution in [2.75, 3.05) is 12.7 Å². The summed E-state index contributed by atoms with van der Waals surface area (Å²) in [6.45, 7) is 0.386. The van der Waals surface area contributed by atoms with Gasteiger partial charge in [-0.25, -0.2) is 9.79 Å². The molecule has 4 N–H and O–H groups in total. The van der Waals surface area contributed by atoms with Gasteiger partial charge in [0.2, 0.25) is 0 Å². The van der Waals surface area contributed by atoms with Crippen LogP contribution in [0.2, 0.25) is 0 Å². The largest absolute Gasteiger partial charge is 0.333 e. The summed E-state index contributed by atoms with van der Waals surface area (Å²) in [6.07, 6.45) is 0.604. The standard InChI is InChI=1S/C4H11NO3P/c5-2-1-3-9(7,8)4-6/h4,7-8H,1-3,5H2/q+1. The van der Waals surface area contributed by atoms with E-state index in [2.05, 4.69) is 0 Å². The molecule has 0 aliphatic carbocycles. The third-order valence-corrected chi connectivity index (χ3v) is 2.17. The second-order valence-electron chi connectivity index (χ2n) is 1.76. The molecule has 0 aliphatic heterocycles. The van der Waals surface area contributed by atoms with Crippen LogP contribution in [0.3, 0.4) is 0 Å². The van der Waals surface area contributed by atoms with Gasteiger partial charge in [-0.15, -0.1) is 0 Å². The van der Waals surface area contributed by atoms with Gasteiger partial charge in [-0.3, -0.25) is 4.79 Å². The molecule has 0 fully saturated rings.